The molecule has 3 rings (SSSR count). The van der Waals surface area contributed by atoms with E-state index in [4.69, 9.17) is 0 Å². The Kier molecular flexibility index (Phi) is 1.50. The van der Waals surface area contributed by atoms with Crippen LogP contribution in [0.5, 0.6) is 0 Å². The predicted octanol–water partition coefficient (Wildman–Crippen LogP) is 2.88. The van der Waals surface area contributed by atoms with Crippen molar-refractivity contribution in [3.63, 3.8) is 0 Å². The normalized spacial score (nSPS) is 38.8. The second kappa shape index (κ2) is 2.60. The molecule has 1 aromatic carbocycles. The Morgan fingerprint density at radius 1 is 1.14 bits per heavy atom. The standard InChI is InChI=1S/C13H13N/c14-9-13(10-5-2-1-3-6-10)11-7-4-8-12(11)13/h1-3,5-6,11-12H,4,7-8H2/t11-,12+,13-. The summed E-state index contributed by atoms with van der Waals surface area (Å²) < 4.78 is 0. The van der Waals surface area contributed by atoms with Crippen LogP contribution in [0, 0.1) is 23.2 Å². The third-order valence-corrected chi connectivity index (χ3v) is 4.01. The van der Waals surface area contributed by atoms with Crippen LogP contribution in [0.2, 0.25) is 0 Å². The molecular weight excluding hydrogens is 170 g/mol. The molecule has 0 bridgehead atoms. The van der Waals surface area contributed by atoms with Gasteiger partial charge >= 0.3 is 0 Å². The second-order valence-corrected chi connectivity index (χ2v) is 4.49. The van der Waals surface area contributed by atoms with Crippen LogP contribution in [0.15, 0.2) is 30.3 Å². The van der Waals surface area contributed by atoms with Crippen molar-refractivity contribution in [1.82, 2.24) is 0 Å². The molecule has 0 aromatic heterocycles. The summed E-state index contributed by atoms with van der Waals surface area (Å²) in [7, 11) is 0. The average Bonchev–Trinajstić information content (AvgIpc) is 2.62. The summed E-state index contributed by atoms with van der Waals surface area (Å²) in [6.07, 6.45) is 3.84. The molecule has 0 heterocycles. The van der Waals surface area contributed by atoms with Crippen LogP contribution in [0.3, 0.4) is 0 Å². The molecule has 0 spiro atoms. The minimum absolute atomic E-state index is 0.0977. The highest BCUT2D eigenvalue weighted by Gasteiger charge is 2.67. The topological polar surface area (TPSA) is 23.8 Å². The second-order valence-electron chi connectivity index (χ2n) is 4.49. The van der Waals surface area contributed by atoms with Gasteiger partial charge in [0, 0.05) is 0 Å². The molecule has 1 heteroatoms. The van der Waals surface area contributed by atoms with Crippen LogP contribution in [0.25, 0.3) is 0 Å². The summed E-state index contributed by atoms with van der Waals surface area (Å²) in [5.41, 5.74) is 1.15. The van der Waals surface area contributed by atoms with Gasteiger partial charge in [0.05, 0.1) is 11.5 Å². The van der Waals surface area contributed by atoms with Gasteiger partial charge in [-0.3, -0.25) is 0 Å². The van der Waals surface area contributed by atoms with Crippen LogP contribution in [0.1, 0.15) is 24.8 Å². The summed E-state index contributed by atoms with van der Waals surface area (Å²) in [6, 6.07) is 12.9. The lowest BCUT2D eigenvalue weighted by atomic mass is 9.89. The Labute approximate surface area is 84.4 Å². The van der Waals surface area contributed by atoms with E-state index in [1.807, 2.05) is 18.2 Å². The van der Waals surface area contributed by atoms with Crippen molar-refractivity contribution in [2.45, 2.75) is 24.7 Å². The highest BCUT2D eigenvalue weighted by atomic mass is 14.7. The summed E-state index contributed by atoms with van der Waals surface area (Å²) in [5.74, 6) is 1.32. The first-order valence-electron chi connectivity index (χ1n) is 5.36. The van der Waals surface area contributed by atoms with Crippen molar-refractivity contribution < 1.29 is 0 Å². The first kappa shape index (κ1) is 8.05. The lowest BCUT2D eigenvalue weighted by Gasteiger charge is -2.12. The van der Waals surface area contributed by atoms with Gasteiger partial charge in [0.1, 0.15) is 0 Å². The van der Waals surface area contributed by atoms with Crippen molar-refractivity contribution in [1.29, 1.82) is 5.26 Å². The van der Waals surface area contributed by atoms with E-state index in [1.165, 1.54) is 24.8 Å². The third kappa shape index (κ3) is 0.792. The van der Waals surface area contributed by atoms with Gasteiger partial charge in [-0.15, -0.1) is 0 Å². The summed E-state index contributed by atoms with van der Waals surface area (Å²) in [4.78, 5) is 0. The summed E-state index contributed by atoms with van der Waals surface area (Å²) in [5, 5.41) is 9.37. The van der Waals surface area contributed by atoms with Gasteiger partial charge in [-0.05, 0) is 30.2 Å². The monoisotopic (exact) mass is 183 g/mol. The van der Waals surface area contributed by atoms with Gasteiger partial charge < -0.3 is 0 Å². The van der Waals surface area contributed by atoms with Crippen LogP contribution < -0.4 is 0 Å². The highest BCUT2D eigenvalue weighted by molar-refractivity contribution is 5.45. The van der Waals surface area contributed by atoms with Crippen LogP contribution in [0.4, 0.5) is 0 Å². The smallest absolute Gasteiger partial charge is 0.0885 e. The number of benzene rings is 1. The lowest BCUT2D eigenvalue weighted by Crippen LogP contribution is -2.11. The SMILES string of the molecule is N#C[C@@]1(c2ccccc2)[C@@H]2CCC[C@@H]21. The number of fused-ring (bicyclic) bond motifs is 1. The quantitative estimate of drug-likeness (QED) is 0.656. The Morgan fingerprint density at radius 3 is 2.36 bits per heavy atom. The molecular formula is C13H13N. The van der Waals surface area contributed by atoms with E-state index >= 15 is 0 Å². The Balaban J connectivity index is 2.03. The molecule has 3 atom stereocenters. The zero-order chi connectivity index (χ0) is 9.60. The Hall–Kier alpha value is -1.29. The van der Waals surface area contributed by atoms with Crippen LogP contribution in [-0.4, -0.2) is 0 Å². The molecule has 0 aliphatic heterocycles. The molecule has 70 valence electrons. The molecule has 1 nitrogen and oxygen atoms in total. The lowest BCUT2D eigenvalue weighted by molar-refractivity contribution is 0.605. The first-order valence-corrected chi connectivity index (χ1v) is 5.36. The number of rotatable bonds is 1. The fraction of sp³-hybridized carbons (Fsp3) is 0.462. The molecule has 0 saturated heterocycles. The molecule has 2 fully saturated rings. The van der Waals surface area contributed by atoms with E-state index in [9.17, 15) is 5.26 Å². The van der Waals surface area contributed by atoms with E-state index in [-0.39, 0.29) is 5.41 Å². The van der Waals surface area contributed by atoms with Crippen LogP contribution >= 0.6 is 0 Å². The van der Waals surface area contributed by atoms with Crippen molar-refractivity contribution in [2.24, 2.45) is 11.8 Å². The predicted molar refractivity (Wildman–Crippen MR) is 54.6 cm³/mol. The molecule has 0 N–H and O–H groups in total. The molecule has 0 unspecified atom stereocenters. The molecule has 0 amide bonds. The van der Waals surface area contributed by atoms with E-state index in [0.29, 0.717) is 11.8 Å². The molecule has 1 aromatic rings. The maximum absolute atomic E-state index is 9.37. The van der Waals surface area contributed by atoms with E-state index < -0.39 is 0 Å². The van der Waals surface area contributed by atoms with Gasteiger partial charge in [0.15, 0.2) is 0 Å². The van der Waals surface area contributed by atoms with Crippen molar-refractivity contribution in [3.8, 4) is 6.07 Å². The number of hydrogen-bond donors (Lipinski definition) is 0. The Morgan fingerprint density at radius 2 is 1.79 bits per heavy atom. The zero-order valence-electron chi connectivity index (χ0n) is 8.11. The van der Waals surface area contributed by atoms with E-state index in [0.717, 1.165) is 0 Å². The largest absolute Gasteiger partial charge is 0.197 e. The fourth-order valence-electron chi connectivity index (χ4n) is 3.33. The fourth-order valence-corrected chi connectivity index (χ4v) is 3.33. The van der Waals surface area contributed by atoms with E-state index in [2.05, 4.69) is 18.2 Å². The van der Waals surface area contributed by atoms with Gasteiger partial charge in [0.25, 0.3) is 0 Å². The molecule has 2 aliphatic carbocycles. The molecule has 2 aliphatic rings. The number of nitrogens with zero attached hydrogens (tertiary/aromatic N) is 1. The first-order chi connectivity index (χ1) is 6.89. The van der Waals surface area contributed by atoms with Gasteiger partial charge in [0.2, 0.25) is 0 Å². The number of nitriles is 1. The van der Waals surface area contributed by atoms with Gasteiger partial charge in [-0.1, -0.05) is 36.8 Å². The van der Waals surface area contributed by atoms with Gasteiger partial charge in [-0.2, -0.15) is 5.26 Å². The maximum Gasteiger partial charge on any atom is 0.0885 e. The highest BCUT2D eigenvalue weighted by Crippen LogP contribution is 2.67. The summed E-state index contributed by atoms with van der Waals surface area (Å²) >= 11 is 0. The molecule has 0 radical (unpaired) electrons. The van der Waals surface area contributed by atoms with Crippen molar-refractivity contribution in [2.75, 3.05) is 0 Å². The minimum atomic E-state index is -0.0977. The average molecular weight is 183 g/mol. The van der Waals surface area contributed by atoms with Crippen molar-refractivity contribution in [3.05, 3.63) is 35.9 Å². The number of hydrogen-bond acceptors (Lipinski definition) is 1. The maximum atomic E-state index is 9.37. The zero-order valence-corrected chi connectivity index (χ0v) is 8.11. The third-order valence-electron chi connectivity index (χ3n) is 4.01. The molecule has 2 saturated carbocycles. The minimum Gasteiger partial charge on any atom is -0.197 e. The molecule has 14 heavy (non-hydrogen) atoms. The van der Waals surface area contributed by atoms with E-state index in [1.54, 1.807) is 0 Å². The van der Waals surface area contributed by atoms with Gasteiger partial charge in [-0.25, -0.2) is 0 Å². The van der Waals surface area contributed by atoms with Crippen molar-refractivity contribution >= 4 is 0 Å². The van der Waals surface area contributed by atoms with Crippen LogP contribution in [-0.2, 0) is 5.41 Å². The summed E-state index contributed by atoms with van der Waals surface area (Å²) in [6.45, 7) is 0. The Bertz CT molecular complexity index is 377.